The smallest absolute Gasteiger partial charge is 0.253 e. The van der Waals surface area contributed by atoms with Gasteiger partial charge in [0.05, 0.1) is 23.7 Å². The molecular weight excluding hydrogens is 438 g/mol. The number of carbonyl (C=O) groups is 1. The molecule has 0 spiro atoms. The molecule has 7 nitrogen and oxygen atoms in total. The van der Waals surface area contributed by atoms with Gasteiger partial charge < -0.3 is 15.0 Å². The molecule has 1 aliphatic rings. The van der Waals surface area contributed by atoms with Crippen LogP contribution in [0.3, 0.4) is 0 Å². The van der Waals surface area contributed by atoms with Crippen molar-refractivity contribution in [3.05, 3.63) is 58.1 Å². The van der Waals surface area contributed by atoms with Gasteiger partial charge in [0.1, 0.15) is 0 Å². The number of sulfonamides is 1. The lowest BCUT2D eigenvalue weighted by atomic mass is 9.83. The highest BCUT2D eigenvalue weighted by Gasteiger charge is 2.22. The van der Waals surface area contributed by atoms with Crippen molar-refractivity contribution in [1.82, 2.24) is 5.32 Å². The maximum atomic E-state index is 13.1. The minimum atomic E-state index is -3.92. The highest BCUT2D eigenvalue weighted by Crippen LogP contribution is 2.28. The average molecular weight is 474 g/mol. The van der Waals surface area contributed by atoms with E-state index in [-0.39, 0.29) is 16.2 Å². The number of nitrogens with zero attached hydrogens (tertiary/aromatic N) is 1. The van der Waals surface area contributed by atoms with E-state index in [0.717, 1.165) is 0 Å². The molecule has 0 aliphatic carbocycles. The summed E-state index contributed by atoms with van der Waals surface area (Å²) in [7, 11) is -3.92. The zero-order chi connectivity index (χ0) is 24.4. The maximum Gasteiger partial charge on any atom is 0.253 e. The molecule has 0 saturated carbocycles. The SMILES string of the molecule is Cc1cc(C(C)(C)C)cc(C)c1CCNC(=O)c1cc(S(N)(=O)=O)ccc1N1CCOCC1. The molecule has 1 aliphatic heterocycles. The van der Waals surface area contributed by atoms with Gasteiger partial charge in [-0.3, -0.25) is 4.79 Å². The Labute approximate surface area is 197 Å². The molecule has 8 heteroatoms. The normalized spacial score (nSPS) is 14.9. The number of nitrogens with two attached hydrogens (primary N) is 1. The van der Waals surface area contributed by atoms with E-state index in [0.29, 0.717) is 50.5 Å². The lowest BCUT2D eigenvalue weighted by molar-refractivity contribution is 0.0952. The number of anilines is 1. The van der Waals surface area contributed by atoms with Crippen molar-refractivity contribution in [2.24, 2.45) is 5.14 Å². The molecule has 3 N–H and O–H groups in total. The summed E-state index contributed by atoms with van der Waals surface area (Å²) in [6.45, 7) is 13.6. The molecule has 1 heterocycles. The molecule has 2 aromatic carbocycles. The van der Waals surface area contributed by atoms with E-state index in [1.165, 1.54) is 34.4 Å². The van der Waals surface area contributed by atoms with Gasteiger partial charge in [-0.1, -0.05) is 32.9 Å². The Morgan fingerprint density at radius 2 is 1.70 bits per heavy atom. The summed E-state index contributed by atoms with van der Waals surface area (Å²) in [6, 6.07) is 8.90. The van der Waals surface area contributed by atoms with Gasteiger partial charge in [0.15, 0.2) is 0 Å². The lowest BCUT2D eigenvalue weighted by Crippen LogP contribution is -2.38. The third-order valence-corrected chi connectivity index (χ3v) is 7.03. The average Bonchev–Trinajstić information content (AvgIpc) is 2.74. The first-order valence-electron chi connectivity index (χ1n) is 11.3. The van der Waals surface area contributed by atoms with Crippen molar-refractivity contribution in [3.63, 3.8) is 0 Å². The van der Waals surface area contributed by atoms with E-state index in [1.807, 2.05) is 4.90 Å². The summed E-state index contributed by atoms with van der Waals surface area (Å²) in [5, 5.41) is 8.29. The third kappa shape index (κ3) is 6.13. The topological polar surface area (TPSA) is 102 Å². The Morgan fingerprint density at radius 3 is 2.24 bits per heavy atom. The van der Waals surface area contributed by atoms with Crippen LogP contribution in [0.15, 0.2) is 35.2 Å². The van der Waals surface area contributed by atoms with Crippen LogP contribution in [-0.2, 0) is 26.6 Å². The Balaban J connectivity index is 1.80. The van der Waals surface area contributed by atoms with Crippen LogP contribution in [0.4, 0.5) is 5.69 Å². The quantitative estimate of drug-likeness (QED) is 0.671. The van der Waals surface area contributed by atoms with Crippen LogP contribution in [0.2, 0.25) is 0 Å². The van der Waals surface area contributed by atoms with E-state index in [4.69, 9.17) is 9.88 Å². The van der Waals surface area contributed by atoms with Gasteiger partial charge in [0, 0.05) is 25.3 Å². The largest absolute Gasteiger partial charge is 0.378 e. The van der Waals surface area contributed by atoms with Gasteiger partial charge in [-0.25, -0.2) is 13.6 Å². The number of primary sulfonamides is 1. The van der Waals surface area contributed by atoms with Gasteiger partial charge in [-0.05, 0) is 66.1 Å². The number of hydrogen-bond donors (Lipinski definition) is 2. The molecule has 0 unspecified atom stereocenters. The lowest BCUT2D eigenvalue weighted by Gasteiger charge is -2.30. The van der Waals surface area contributed by atoms with Crippen LogP contribution in [0.25, 0.3) is 0 Å². The first-order valence-corrected chi connectivity index (χ1v) is 12.8. The van der Waals surface area contributed by atoms with E-state index in [9.17, 15) is 13.2 Å². The molecule has 0 aromatic heterocycles. The number of amides is 1. The number of aryl methyl sites for hydroxylation is 2. The number of nitrogens with one attached hydrogen (secondary N) is 1. The molecule has 180 valence electrons. The van der Waals surface area contributed by atoms with Crippen molar-refractivity contribution in [1.29, 1.82) is 0 Å². The zero-order valence-corrected chi connectivity index (χ0v) is 21.0. The number of ether oxygens (including phenoxy) is 1. The van der Waals surface area contributed by atoms with Crippen LogP contribution < -0.4 is 15.4 Å². The highest BCUT2D eigenvalue weighted by atomic mass is 32.2. The first kappa shape index (κ1) is 25.2. The molecule has 2 aromatic rings. The van der Waals surface area contributed by atoms with Gasteiger partial charge in [0.2, 0.25) is 10.0 Å². The molecule has 3 rings (SSSR count). The highest BCUT2D eigenvalue weighted by molar-refractivity contribution is 7.89. The Morgan fingerprint density at radius 1 is 1.09 bits per heavy atom. The molecular formula is C25H35N3O4S. The summed E-state index contributed by atoms with van der Waals surface area (Å²) in [4.78, 5) is 15.1. The summed E-state index contributed by atoms with van der Waals surface area (Å²) in [5.41, 5.74) is 5.99. The fraction of sp³-hybridized carbons (Fsp3) is 0.480. The van der Waals surface area contributed by atoms with Crippen molar-refractivity contribution >= 4 is 21.6 Å². The molecule has 0 atom stereocenters. The first-order chi connectivity index (χ1) is 15.4. The molecule has 0 bridgehead atoms. The standard InChI is InChI=1S/C25H35N3O4S/c1-17-14-19(25(3,4)5)15-18(2)21(17)8-9-27-24(29)22-16-20(33(26,30)31)6-7-23(22)28-10-12-32-13-11-28/h6-7,14-16H,8-13H2,1-5H3,(H,27,29)(H2,26,30,31). The predicted octanol–water partition coefficient (Wildman–Crippen LogP) is 3.06. The predicted molar refractivity (Wildman–Crippen MR) is 132 cm³/mol. The number of rotatable bonds is 6. The zero-order valence-electron chi connectivity index (χ0n) is 20.2. The van der Waals surface area contributed by atoms with E-state index >= 15 is 0 Å². The molecule has 33 heavy (non-hydrogen) atoms. The van der Waals surface area contributed by atoms with Crippen molar-refractivity contribution < 1.29 is 17.9 Å². The fourth-order valence-corrected chi connectivity index (χ4v) is 4.71. The molecule has 0 radical (unpaired) electrons. The molecule has 1 saturated heterocycles. The minimum absolute atomic E-state index is 0.0749. The number of carbonyl (C=O) groups excluding carboxylic acids is 1. The van der Waals surface area contributed by atoms with Crippen LogP contribution in [-0.4, -0.2) is 47.2 Å². The van der Waals surface area contributed by atoms with Crippen LogP contribution >= 0.6 is 0 Å². The van der Waals surface area contributed by atoms with Crippen molar-refractivity contribution in [2.75, 3.05) is 37.7 Å². The summed E-state index contributed by atoms with van der Waals surface area (Å²) in [5.74, 6) is -0.316. The number of benzene rings is 2. The van der Waals surface area contributed by atoms with Crippen LogP contribution in [0.1, 0.15) is 53.4 Å². The van der Waals surface area contributed by atoms with Crippen LogP contribution in [0, 0.1) is 13.8 Å². The minimum Gasteiger partial charge on any atom is -0.378 e. The summed E-state index contributed by atoms with van der Waals surface area (Å²) in [6.07, 6.45) is 0.690. The number of morpholine rings is 1. The second-order valence-corrected chi connectivity index (χ2v) is 11.2. The van der Waals surface area contributed by atoms with Crippen LogP contribution in [0.5, 0.6) is 0 Å². The Hall–Kier alpha value is -2.42. The molecule has 1 fully saturated rings. The Kier molecular flexibility index (Phi) is 7.51. The maximum absolute atomic E-state index is 13.1. The summed E-state index contributed by atoms with van der Waals surface area (Å²) < 4.78 is 29.2. The van der Waals surface area contributed by atoms with Gasteiger partial charge in [0.25, 0.3) is 5.91 Å². The van der Waals surface area contributed by atoms with Gasteiger partial charge >= 0.3 is 0 Å². The molecule has 1 amide bonds. The Bertz CT molecular complexity index is 1110. The summed E-state index contributed by atoms with van der Waals surface area (Å²) >= 11 is 0. The third-order valence-electron chi connectivity index (χ3n) is 6.12. The van der Waals surface area contributed by atoms with E-state index in [1.54, 1.807) is 6.07 Å². The van der Waals surface area contributed by atoms with Gasteiger partial charge in [-0.15, -0.1) is 0 Å². The van der Waals surface area contributed by atoms with E-state index < -0.39 is 10.0 Å². The number of hydrogen-bond acceptors (Lipinski definition) is 5. The monoisotopic (exact) mass is 473 g/mol. The van der Waals surface area contributed by atoms with E-state index in [2.05, 4.69) is 52.1 Å². The van der Waals surface area contributed by atoms with Gasteiger partial charge in [-0.2, -0.15) is 0 Å². The second kappa shape index (κ2) is 9.83. The fourth-order valence-electron chi connectivity index (χ4n) is 4.17. The second-order valence-electron chi connectivity index (χ2n) is 9.67. The van der Waals surface area contributed by atoms with Crippen molar-refractivity contribution in [3.8, 4) is 0 Å². The van der Waals surface area contributed by atoms with Crippen molar-refractivity contribution in [2.45, 2.75) is 51.3 Å².